The third kappa shape index (κ3) is 9.62. The van der Waals surface area contributed by atoms with Crippen LogP contribution in [-0.2, 0) is 16.4 Å². The molecule has 70 heavy (non-hydrogen) atoms. The fourth-order valence-electron chi connectivity index (χ4n) is 10.8. The van der Waals surface area contributed by atoms with Crippen LogP contribution >= 0.6 is 0 Å². The maximum absolute atomic E-state index is 7.53. The van der Waals surface area contributed by atoms with E-state index in [0.717, 1.165) is 51.7 Å². The van der Waals surface area contributed by atoms with E-state index in [1.165, 1.54) is 94.2 Å². The molecule has 3 heteroatoms. The number of aryl methyl sites for hydroxylation is 4. The molecule has 0 fully saturated rings. The summed E-state index contributed by atoms with van der Waals surface area (Å²) in [5.41, 5.74) is 28.6. The fraction of sp³-hybridized carbons (Fsp3) is 0.284. The average Bonchev–Trinajstić information content (AvgIpc) is 3.61. The fourth-order valence-corrected chi connectivity index (χ4v) is 10.8. The molecular formula is C67H73N3. The standard InChI is InChI=1S/C67H73N3/c1-10-11-12-13-14-15-44-66(8)63-45-53(65(6,7)51-24-38-59(39-25-51)69(55-30-16-47(2)17-31-55)56-32-18-48(3)19-33-56)28-42-61(63)62-43-29-54(46-64(62)66)67(9,68)52-26-40-60(41-27-52)70(57-34-20-49(4)21-35-57)58-36-22-50(5)23-37-58/h16-43,45-46H,10-15,44,68H2,1-9H3. The Morgan fingerprint density at radius 1 is 0.386 bits per heavy atom. The van der Waals surface area contributed by atoms with Crippen molar-refractivity contribution in [3.05, 3.63) is 238 Å². The van der Waals surface area contributed by atoms with E-state index in [1.807, 2.05) is 0 Å². The van der Waals surface area contributed by atoms with Crippen molar-refractivity contribution in [1.82, 2.24) is 0 Å². The Morgan fingerprint density at radius 3 is 1.10 bits per heavy atom. The van der Waals surface area contributed by atoms with Gasteiger partial charge in [-0.2, -0.15) is 0 Å². The van der Waals surface area contributed by atoms with Crippen LogP contribution in [0.5, 0.6) is 0 Å². The summed E-state index contributed by atoms with van der Waals surface area (Å²) in [7, 11) is 0. The van der Waals surface area contributed by atoms with Crippen molar-refractivity contribution in [2.75, 3.05) is 9.80 Å². The van der Waals surface area contributed by atoms with E-state index >= 15 is 0 Å². The monoisotopic (exact) mass is 920 g/mol. The van der Waals surface area contributed by atoms with Crippen molar-refractivity contribution in [1.29, 1.82) is 0 Å². The second kappa shape index (κ2) is 20.0. The van der Waals surface area contributed by atoms with Crippen LogP contribution in [0.3, 0.4) is 0 Å². The lowest BCUT2D eigenvalue weighted by Crippen LogP contribution is -2.34. The summed E-state index contributed by atoms with van der Waals surface area (Å²) in [6.45, 7) is 20.3. The van der Waals surface area contributed by atoms with E-state index in [1.54, 1.807) is 0 Å². The molecule has 1 aliphatic carbocycles. The van der Waals surface area contributed by atoms with Gasteiger partial charge in [0.25, 0.3) is 0 Å². The second-order valence-corrected chi connectivity index (χ2v) is 21.3. The predicted molar refractivity (Wildman–Crippen MR) is 300 cm³/mol. The summed E-state index contributed by atoms with van der Waals surface area (Å²) < 4.78 is 0. The van der Waals surface area contributed by atoms with Crippen LogP contribution in [0.4, 0.5) is 34.1 Å². The number of hydrogen-bond donors (Lipinski definition) is 1. The molecule has 2 N–H and O–H groups in total. The average molecular weight is 920 g/mol. The Hall–Kier alpha value is -6.68. The Kier molecular flexibility index (Phi) is 13.8. The van der Waals surface area contributed by atoms with E-state index in [2.05, 4.69) is 254 Å². The van der Waals surface area contributed by atoms with Gasteiger partial charge in [-0.3, -0.25) is 0 Å². The summed E-state index contributed by atoms with van der Waals surface area (Å²) in [6, 6.07) is 67.9. The van der Waals surface area contributed by atoms with Gasteiger partial charge in [0.05, 0.1) is 5.54 Å². The summed E-state index contributed by atoms with van der Waals surface area (Å²) in [4.78, 5) is 4.69. The molecule has 3 nitrogen and oxygen atoms in total. The number of nitrogens with zero attached hydrogens (tertiary/aromatic N) is 2. The maximum atomic E-state index is 7.53. The lowest BCUT2D eigenvalue weighted by molar-refractivity contribution is 0.478. The minimum atomic E-state index is -0.713. The minimum Gasteiger partial charge on any atom is -0.318 e. The highest BCUT2D eigenvalue weighted by Crippen LogP contribution is 2.54. The number of fused-ring (bicyclic) bond motifs is 3. The molecule has 1 aliphatic rings. The van der Waals surface area contributed by atoms with Crippen LogP contribution in [0.1, 0.15) is 135 Å². The number of nitrogens with two attached hydrogens (primary N) is 1. The van der Waals surface area contributed by atoms with Gasteiger partial charge in [0, 0.05) is 45.0 Å². The third-order valence-corrected chi connectivity index (χ3v) is 15.6. The van der Waals surface area contributed by atoms with Gasteiger partial charge in [0.15, 0.2) is 0 Å². The third-order valence-electron chi connectivity index (χ3n) is 15.6. The normalized spacial score (nSPS) is 15.0. The maximum Gasteiger partial charge on any atom is 0.0637 e. The number of benzene rings is 8. The summed E-state index contributed by atoms with van der Waals surface area (Å²) >= 11 is 0. The molecule has 0 aromatic heterocycles. The molecule has 0 spiro atoms. The largest absolute Gasteiger partial charge is 0.318 e. The van der Waals surface area contributed by atoms with Crippen molar-refractivity contribution in [3.8, 4) is 11.1 Å². The minimum absolute atomic E-state index is 0.160. The molecule has 0 heterocycles. The molecule has 9 rings (SSSR count). The lowest BCUT2D eigenvalue weighted by Gasteiger charge is -2.33. The molecule has 0 saturated carbocycles. The van der Waals surface area contributed by atoms with Gasteiger partial charge < -0.3 is 15.5 Å². The van der Waals surface area contributed by atoms with Crippen LogP contribution in [0.15, 0.2) is 182 Å². The van der Waals surface area contributed by atoms with Gasteiger partial charge in [-0.05, 0) is 158 Å². The highest BCUT2D eigenvalue weighted by molar-refractivity contribution is 5.83. The van der Waals surface area contributed by atoms with Crippen LogP contribution in [0.2, 0.25) is 0 Å². The summed E-state index contributed by atoms with van der Waals surface area (Å²) in [5, 5.41) is 0. The van der Waals surface area contributed by atoms with Crippen LogP contribution in [0, 0.1) is 27.7 Å². The quantitative estimate of drug-likeness (QED) is 0.0924. The molecule has 0 amide bonds. The van der Waals surface area contributed by atoms with Crippen LogP contribution < -0.4 is 15.5 Å². The van der Waals surface area contributed by atoms with E-state index < -0.39 is 5.54 Å². The van der Waals surface area contributed by atoms with E-state index in [-0.39, 0.29) is 10.8 Å². The first-order valence-electron chi connectivity index (χ1n) is 25.8. The van der Waals surface area contributed by atoms with Gasteiger partial charge >= 0.3 is 0 Å². The van der Waals surface area contributed by atoms with Crippen molar-refractivity contribution in [3.63, 3.8) is 0 Å². The van der Waals surface area contributed by atoms with Gasteiger partial charge in [0.1, 0.15) is 0 Å². The zero-order valence-electron chi connectivity index (χ0n) is 43.2. The van der Waals surface area contributed by atoms with Gasteiger partial charge in [-0.25, -0.2) is 0 Å². The zero-order valence-corrected chi connectivity index (χ0v) is 43.2. The van der Waals surface area contributed by atoms with E-state index in [4.69, 9.17) is 5.73 Å². The highest BCUT2D eigenvalue weighted by Gasteiger charge is 2.41. The van der Waals surface area contributed by atoms with Gasteiger partial charge in [-0.1, -0.05) is 198 Å². The molecule has 2 unspecified atom stereocenters. The number of hydrogen-bond acceptors (Lipinski definition) is 3. The number of rotatable bonds is 17. The molecule has 8 aromatic rings. The second-order valence-electron chi connectivity index (χ2n) is 21.3. The summed E-state index contributed by atoms with van der Waals surface area (Å²) in [5.74, 6) is 0. The SMILES string of the molecule is CCCCCCCCC1(C)c2cc(C(C)(C)c3ccc(N(c4ccc(C)cc4)c4ccc(C)cc4)cc3)ccc2-c2ccc(C(C)(N)c3ccc(N(c4ccc(C)cc4)c4ccc(C)cc4)cc3)cc21. The molecule has 0 radical (unpaired) electrons. The first-order valence-corrected chi connectivity index (χ1v) is 25.8. The first kappa shape index (κ1) is 48.3. The molecule has 2 atom stereocenters. The molecular weight excluding hydrogens is 847 g/mol. The molecule has 0 aliphatic heterocycles. The summed E-state index contributed by atoms with van der Waals surface area (Å²) in [6.07, 6.45) is 8.72. The van der Waals surface area contributed by atoms with Crippen LogP contribution in [-0.4, -0.2) is 0 Å². The molecule has 0 saturated heterocycles. The van der Waals surface area contributed by atoms with Crippen molar-refractivity contribution < 1.29 is 0 Å². The highest BCUT2D eigenvalue weighted by atomic mass is 15.1. The zero-order chi connectivity index (χ0) is 49.2. The predicted octanol–water partition coefficient (Wildman–Crippen LogP) is 18.4. The van der Waals surface area contributed by atoms with E-state index in [9.17, 15) is 0 Å². The van der Waals surface area contributed by atoms with Crippen molar-refractivity contribution in [2.24, 2.45) is 5.73 Å². The smallest absolute Gasteiger partial charge is 0.0637 e. The van der Waals surface area contributed by atoms with Gasteiger partial charge in [-0.15, -0.1) is 0 Å². The number of unbranched alkanes of at least 4 members (excludes halogenated alkanes) is 5. The molecule has 0 bridgehead atoms. The first-order chi connectivity index (χ1) is 33.7. The van der Waals surface area contributed by atoms with Gasteiger partial charge in [0.2, 0.25) is 0 Å². The van der Waals surface area contributed by atoms with E-state index in [0.29, 0.717) is 0 Å². The Balaban J connectivity index is 1.04. The van der Waals surface area contributed by atoms with Crippen molar-refractivity contribution >= 4 is 34.1 Å². The number of anilines is 6. The van der Waals surface area contributed by atoms with Crippen LogP contribution in [0.25, 0.3) is 11.1 Å². The Morgan fingerprint density at radius 2 is 0.700 bits per heavy atom. The topological polar surface area (TPSA) is 32.5 Å². The van der Waals surface area contributed by atoms with Crippen molar-refractivity contribution in [2.45, 2.75) is 124 Å². The Labute approximate surface area is 420 Å². The lowest BCUT2D eigenvalue weighted by atomic mass is 9.72. The molecule has 8 aromatic carbocycles. The molecule has 356 valence electrons. The Bertz CT molecular complexity index is 2740.